The summed E-state index contributed by atoms with van der Waals surface area (Å²) in [6.07, 6.45) is 8.53. The Hall–Kier alpha value is -0.790. The van der Waals surface area contributed by atoms with Crippen molar-refractivity contribution in [1.29, 1.82) is 0 Å². The van der Waals surface area contributed by atoms with Crippen LogP contribution in [0, 0.1) is 0 Å². The first-order valence-electron chi connectivity index (χ1n) is 5.12. The van der Waals surface area contributed by atoms with Crippen molar-refractivity contribution in [3.63, 3.8) is 0 Å². The summed E-state index contributed by atoms with van der Waals surface area (Å²) in [7, 11) is 0. The highest BCUT2D eigenvalue weighted by Crippen LogP contribution is 2.37. The average molecular weight is 180 g/mol. The lowest BCUT2D eigenvalue weighted by Crippen LogP contribution is -2.27. The van der Waals surface area contributed by atoms with E-state index in [9.17, 15) is 4.79 Å². The molecule has 1 aliphatic carbocycles. The lowest BCUT2D eigenvalue weighted by molar-refractivity contribution is -0.145. The van der Waals surface area contributed by atoms with Crippen molar-refractivity contribution < 1.29 is 9.53 Å². The summed E-state index contributed by atoms with van der Waals surface area (Å²) in [4.78, 5) is 11.1. The van der Waals surface area contributed by atoms with E-state index in [4.69, 9.17) is 4.74 Å². The number of rotatable bonds is 1. The van der Waals surface area contributed by atoms with E-state index in [2.05, 4.69) is 13.0 Å². The van der Waals surface area contributed by atoms with Crippen LogP contribution in [0.5, 0.6) is 0 Å². The maximum absolute atomic E-state index is 11.1. The maximum atomic E-state index is 11.1. The van der Waals surface area contributed by atoms with Crippen LogP contribution in [0.1, 0.15) is 45.4 Å². The third-order valence-corrected chi connectivity index (χ3v) is 3.12. The Bertz CT molecular complexity index is 255. The van der Waals surface area contributed by atoms with Crippen LogP contribution >= 0.6 is 0 Å². The number of cyclic esters (lactones) is 1. The van der Waals surface area contributed by atoms with Crippen molar-refractivity contribution in [1.82, 2.24) is 0 Å². The van der Waals surface area contributed by atoms with Gasteiger partial charge in [-0.3, -0.25) is 4.79 Å². The van der Waals surface area contributed by atoms with E-state index in [0.717, 1.165) is 19.3 Å². The normalized spacial score (nSPS) is 34.2. The van der Waals surface area contributed by atoms with Crippen LogP contribution in [0.2, 0.25) is 0 Å². The molecule has 1 aliphatic heterocycles. The second kappa shape index (κ2) is 3.17. The van der Waals surface area contributed by atoms with Gasteiger partial charge in [0, 0.05) is 12.8 Å². The second-order valence-electron chi connectivity index (χ2n) is 4.18. The van der Waals surface area contributed by atoms with Crippen molar-refractivity contribution in [2.45, 2.75) is 51.0 Å². The zero-order valence-corrected chi connectivity index (χ0v) is 8.14. The van der Waals surface area contributed by atoms with Crippen molar-refractivity contribution in [3.8, 4) is 0 Å². The fraction of sp³-hybridized carbons (Fsp3) is 0.727. The van der Waals surface area contributed by atoms with Crippen molar-refractivity contribution in [2.75, 3.05) is 0 Å². The summed E-state index contributed by atoms with van der Waals surface area (Å²) >= 11 is 0. The lowest BCUT2D eigenvalue weighted by atomic mass is 9.85. The molecule has 1 saturated heterocycles. The number of ether oxygens (including phenoxy) is 1. The third kappa shape index (κ3) is 1.62. The summed E-state index contributed by atoms with van der Waals surface area (Å²) < 4.78 is 5.38. The lowest BCUT2D eigenvalue weighted by Gasteiger charge is -2.28. The number of esters is 1. The summed E-state index contributed by atoms with van der Waals surface area (Å²) in [5.74, 6) is -0.0334. The standard InChI is InChI=1S/C11H16O2/c1-11(8-7-10(12)13-11)9-5-3-2-4-6-9/h5H,2-4,6-8H2,1H3. The molecule has 2 rings (SSSR count). The molecule has 2 heteroatoms. The highest BCUT2D eigenvalue weighted by Gasteiger charge is 2.38. The molecule has 2 nitrogen and oxygen atoms in total. The summed E-state index contributed by atoms with van der Waals surface area (Å²) in [5, 5.41) is 0. The van der Waals surface area contributed by atoms with Gasteiger partial charge in [-0.25, -0.2) is 0 Å². The van der Waals surface area contributed by atoms with Gasteiger partial charge in [-0.05, 0) is 38.2 Å². The van der Waals surface area contributed by atoms with Crippen LogP contribution in [0.4, 0.5) is 0 Å². The Kier molecular flexibility index (Phi) is 2.14. The first-order valence-corrected chi connectivity index (χ1v) is 5.12. The Balaban J connectivity index is 2.14. The van der Waals surface area contributed by atoms with Gasteiger partial charge in [0.05, 0.1) is 0 Å². The van der Waals surface area contributed by atoms with Crippen LogP contribution in [0.25, 0.3) is 0 Å². The van der Waals surface area contributed by atoms with Crippen LogP contribution < -0.4 is 0 Å². The van der Waals surface area contributed by atoms with Gasteiger partial charge >= 0.3 is 5.97 Å². The smallest absolute Gasteiger partial charge is 0.306 e. The largest absolute Gasteiger partial charge is 0.455 e. The molecule has 0 amide bonds. The van der Waals surface area contributed by atoms with Crippen molar-refractivity contribution in [3.05, 3.63) is 11.6 Å². The molecule has 0 radical (unpaired) electrons. The SMILES string of the molecule is CC1(C2=CCCCC2)CCC(=O)O1. The predicted molar refractivity (Wildman–Crippen MR) is 50.3 cm³/mol. The minimum absolute atomic E-state index is 0.0334. The molecule has 0 aromatic carbocycles. The minimum Gasteiger partial charge on any atom is -0.455 e. The van der Waals surface area contributed by atoms with Gasteiger partial charge in [-0.1, -0.05) is 6.08 Å². The molecule has 13 heavy (non-hydrogen) atoms. The Morgan fingerprint density at radius 3 is 2.77 bits per heavy atom. The summed E-state index contributed by atoms with van der Waals surface area (Å²) in [5.41, 5.74) is 1.10. The number of hydrogen-bond donors (Lipinski definition) is 0. The first-order chi connectivity index (χ1) is 6.21. The third-order valence-electron chi connectivity index (χ3n) is 3.12. The van der Waals surface area contributed by atoms with Gasteiger partial charge < -0.3 is 4.74 Å². The molecule has 1 fully saturated rings. The summed E-state index contributed by atoms with van der Waals surface area (Å²) in [6.45, 7) is 2.05. The zero-order chi connectivity index (χ0) is 9.31. The Morgan fingerprint density at radius 1 is 1.38 bits per heavy atom. The molecule has 0 N–H and O–H groups in total. The number of carbonyl (C=O) groups is 1. The van der Waals surface area contributed by atoms with E-state index < -0.39 is 0 Å². The van der Waals surface area contributed by atoms with E-state index in [1.807, 2.05) is 0 Å². The molecule has 0 aromatic heterocycles. The molecule has 1 atom stereocenters. The van der Waals surface area contributed by atoms with Gasteiger partial charge in [-0.15, -0.1) is 0 Å². The van der Waals surface area contributed by atoms with Gasteiger partial charge in [0.25, 0.3) is 0 Å². The predicted octanol–water partition coefficient (Wildman–Crippen LogP) is 2.58. The highest BCUT2D eigenvalue weighted by atomic mass is 16.6. The maximum Gasteiger partial charge on any atom is 0.306 e. The molecule has 0 bridgehead atoms. The molecule has 2 aliphatic rings. The minimum atomic E-state index is -0.252. The quantitative estimate of drug-likeness (QED) is 0.458. The van der Waals surface area contributed by atoms with Gasteiger partial charge in [0.2, 0.25) is 0 Å². The Labute approximate surface area is 79.0 Å². The van der Waals surface area contributed by atoms with Crippen LogP contribution in [-0.4, -0.2) is 11.6 Å². The molecule has 0 saturated carbocycles. The molecular formula is C11H16O2. The molecule has 1 heterocycles. The molecule has 72 valence electrons. The van der Waals surface area contributed by atoms with Crippen molar-refractivity contribution in [2.24, 2.45) is 0 Å². The monoisotopic (exact) mass is 180 g/mol. The van der Waals surface area contributed by atoms with Crippen LogP contribution in [-0.2, 0) is 9.53 Å². The Morgan fingerprint density at radius 2 is 2.23 bits per heavy atom. The van der Waals surface area contributed by atoms with E-state index >= 15 is 0 Å². The number of allylic oxidation sites excluding steroid dienone is 1. The fourth-order valence-corrected chi connectivity index (χ4v) is 2.24. The van der Waals surface area contributed by atoms with Crippen LogP contribution in [0.3, 0.4) is 0 Å². The van der Waals surface area contributed by atoms with E-state index in [-0.39, 0.29) is 11.6 Å². The highest BCUT2D eigenvalue weighted by molar-refractivity contribution is 5.73. The fourth-order valence-electron chi connectivity index (χ4n) is 2.24. The zero-order valence-electron chi connectivity index (χ0n) is 8.14. The van der Waals surface area contributed by atoms with E-state index in [1.165, 1.54) is 18.4 Å². The summed E-state index contributed by atoms with van der Waals surface area (Å²) in [6, 6.07) is 0. The van der Waals surface area contributed by atoms with Gasteiger partial charge in [0.15, 0.2) is 0 Å². The van der Waals surface area contributed by atoms with Crippen LogP contribution in [0.15, 0.2) is 11.6 Å². The first kappa shape index (κ1) is 8.79. The van der Waals surface area contributed by atoms with Gasteiger partial charge in [-0.2, -0.15) is 0 Å². The number of hydrogen-bond acceptors (Lipinski definition) is 2. The second-order valence-corrected chi connectivity index (χ2v) is 4.18. The molecule has 0 spiro atoms. The average Bonchev–Trinajstić information content (AvgIpc) is 2.49. The molecule has 0 aromatic rings. The molecule has 1 unspecified atom stereocenters. The molecular weight excluding hydrogens is 164 g/mol. The van der Waals surface area contributed by atoms with E-state index in [0.29, 0.717) is 6.42 Å². The van der Waals surface area contributed by atoms with Gasteiger partial charge in [0.1, 0.15) is 5.60 Å². The number of carbonyl (C=O) groups excluding carboxylic acids is 1. The van der Waals surface area contributed by atoms with E-state index in [1.54, 1.807) is 0 Å². The topological polar surface area (TPSA) is 26.3 Å². The van der Waals surface area contributed by atoms with Crippen molar-refractivity contribution >= 4 is 5.97 Å².